The van der Waals surface area contributed by atoms with Crippen molar-refractivity contribution in [2.45, 2.75) is 5.75 Å². The van der Waals surface area contributed by atoms with Crippen LogP contribution in [-0.4, -0.2) is 35.7 Å². The predicted octanol–water partition coefficient (Wildman–Crippen LogP) is 2.78. The van der Waals surface area contributed by atoms with Crippen LogP contribution in [0.15, 0.2) is 18.2 Å². The molecule has 1 aromatic carbocycles. The molecule has 0 aliphatic carbocycles. The van der Waals surface area contributed by atoms with Crippen molar-refractivity contribution in [1.29, 1.82) is 0 Å². The number of imide groups is 1. The molecule has 1 heterocycles. The van der Waals surface area contributed by atoms with Crippen LogP contribution >= 0.6 is 35.0 Å². The molecule has 1 saturated heterocycles. The van der Waals surface area contributed by atoms with Crippen LogP contribution in [0.3, 0.4) is 0 Å². The summed E-state index contributed by atoms with van der Waals surface area (Å²) in [5.74, 6) is 1.23. The summed E-state index contributed by atoms with van der Waals surface area (Å²) in [5, 5.41) is 3.73. The van der Waals surface area contributed by atoms with E-state index in [-0.39, 0.29) is 18.5 Å². The minimum atomic E-state index is -0.310. The molecule has 1 aliphatic rings. The van der Waals surface area contributed by atoms with Crippen molar-refractivity contribution in [3.63, 3.8) is 0 Å². The lowest BCUT2D eigenvalue weighted by atomic mass is 10.2. The van der Waals surface area contributed by atoms with Crippen LogP contribution in [0.2, 0.25) is 10.0 Å². The van der Waals surface area contributed by atoms with Gasteiger partial charge in [0, 0.05) is 28.1 Å². The first kappa shape index (κ1) is 14.5. The van der Waals surface area contributed by atoms with Gasteiger partial charge in [0.25, 0.3) is 0 Å². The summed E-state index contributed by atoms with van der Waals surface area (Å²) in [7, 11) is 0. The molecule has 102 valence electrons. The molecular formula is C12H12Cl2N2O2S. The van der Waals surface area contributed by atoms with E-state index in [1.165, 1.54) is 4.90 Å². The smallest absolute Gasteiger partial charge is 0.324 e. The number of thioether (sulfide) groups is 1. The molecule has 2 rings (SSSR count). The third-order valence-corrected chi connectivity index (χ3v) is 4.24. The number of amides is 3. The second-order valence-corrected chi connectivity index (χ2v) is 5.94. The maximum atomic E-state index is 11.3. The van der Waals surface area contributed by atoms with Crippen LogP contribution in [0, 0.1) is 0 Å². The number of hydrogen-bond donors (Lipinski definition) is 1. The Morgan fingerprint density at radius 3 is 2.74 bits per heavy atom. The molecule has 1 fully saturated rings. The summed E-state index contributed by atoms with van der Waals surface area (Å²) < 4.78 is 0. The number of rotatable bonds is 5. The minimum Gasteiger partial charge on any atom is -0.329 e. The number of hydrogen-bond acceptors (Lipinski definition) is 3. The molecule has 0 saturated carbocycles. The van der Waals surface area contributed by atoms with E-state index in [9.17, 15) is 9.59 Å². The van der Waals surface area contributed by atoms with Crippen molar-refractivity contribution >= 4 is 46.9 Å². The van der Waals surface area contributed by atoms with E-state index < -0.39 is 0 Å². The number of nitrogens with zero attached hydrogens (tertiary/aromatic N) is 1. The summed E-state index contributed by atoms with van der Waals surface area (Å²) >= 11 is 13.5. The van der Waals surface area contributed by atoms with Gasteiger partial charge in [-0.3, -0.25) is 9.69 Å². The molecule has 0 bridgehead atoms. The lowest BCUT2D eigenvalue weighted by molar-refractivity contribution is -0.124. The van der Waals surface area contributed by atoms with Crippen LogP contribution in [0.25, 0.3) is 0 Å². The highest BCUT2D eigenvalue weighted by molar-refractivity contribution is 7.98. The molecular weight excluding hydrogens is 307 g/mol. The predicted molar refractivity (Wildman–Crippen MR) is 77.7 cm³/mol. The van der Waals surface area contributed by atoms with Gasteiger partial charge in [0.15, 0.2) is 0 Å². The Balaban J connectivity index is 1.78. The number of carbonyl (C=O) groups excluding carboxylic acids is 2. The van der Waals surface area contributed by atoms with Crippen molar-refractivity contribution in [1.82, 2.24) is 10.2 Å². The molecule has 3 amide bonds. The number of benzene rings is 1. The van der Waals surface area contributed by atoms with Crippen molar-refractivity contribution < 1.29 is 9.59 Å². The molecule has 4 nitrogen and oxygen atoms in total. The summed E-state index contributed by atoms with van der Waals surface area (Å²) in [6.45, 7) is 0.521. The Bertz CT molecular complexity index is 495. The van der Waals surface area contributed by atoms with Gasteiger partial charge < -0.3 is 5.32 Å². The first-order valence-electron chi connectivity index (χ1n) is 5.68. The quantitative estimate of drug-likeness (QED) is 0.671. The highest BCUT2D eigenvalue weighted by Gasteiger charge is 2.27. The minimum absolute atomic E-state index is 0.104. The van der Waals surface area contributed by atoms with E-state index in [0.29, 0.717) is 22.3 Å². The Labute approximate surface area is 125 Å². The summed E-state index contributed by atoms with van der Waals surface area (Å²) in [5.41, 5.74) is 0.994. The standard InChI is InChI=1S/C12H12Cl2N2O2S/c13-9-2-1-8(10(14)5-9)7-19-4-3-16-11(17)6-15-12(16)18/h1-2,5H,3-4,6-7H2,(H,15,18). The number of halogens is 2. The van der Waals surface area contributed by atoms with E-state index in [1.54, 1.807) is 23.9 Å². The van der Waals surface area contributed by atoms with Gasteiger partial charge in [-0.05, 0) is 17.7 Å². The highest BCUT2D eigenvalue weighted by atomic mass is 35.5. The normalized spacial score (nSPS) is 14.9. The van der Waals surface area contributed by atoms with E-state index in [2.05, 4.69) is 5.32 Å². The molecule has 1 aliphatic heterocycles. The van der Waals surface area contributed by atoms with E-state index >= 15 is 0 Å². The summed E-state index contributed by atoms with van der Waals surface area (Å²) in [4.78, 5) is 23.9. The molecule has 0 radical (unpaired) electrons. The third-order valence-electron chi connectivity index (χ3n) is 2.67. The molecule has 0 unspecified atom stereocenters. The fourth-order valence-corrected chi connectivity index (χ4v) is 3.14. The first-order valence-corrected chi connectivity index (χ1v) is 7.59. The monoisotopic (exact) mass is 318 g/mol. The lowest BCUT2D eigenvalue weighted by Gasteiger charge is -2.11. The van der Waals surface area contributed by atoms with Crippen LogP contribution in [0.4, 0.5) is 4.79 Å². The third kappa shape index (κ3) is 3.78. The molecule has 0 atom stereocenters. The second kappa shape index (κ2) is 6.50. The van der Waals surface area contributed by atoms with Gasteiger partial charge in [-0.2, -0.15) is 11.8 Å². The summed E-state index contributed by atoms with van der Waals surface area (Å²) in [6.07, 6.45) is 0. The van der Waals surface area contributed by atoms with Crippen LogP contribution in [0.5, 0.6) is 0 Å². The van der Waals surface area contributed by atoms with Gasteiger partial charge in [-0.25, -0.2) is 4.79 Å². The Morgan fingerprint density at radius 2 is 2.11 bits per heavy atom. The molecule has 1 N–H and O–H groups in total. The maximum absolute atomic E-state index is 11.3. The maximum Gasteiger partial charge on any atom is 0.324 e. The SMILES string of the molecule is O=C1CNC(=O)N1CCSCc1ccc(Cl)cc1Cl. The van der Waals surface area contributed by atoms with Gasteiger partial charge in [-0.1, -0.05) is 29.3 Å². The van der Waals surface area contributed by atoms with E-state index in [1.807, 2.05) is 6.07 Å². The van der Waals surface area contributed by atoms with Crippen LogP contribution in [0.1, 0.15) is 5.56 Å². The zero-order valence-corrected chi connectivity index (χ0v) is 12.3. The van der Waals surface area contributed by atoms with Gasteiger partial charge in [0.1, 0.15) is 0 Å². The molecule has 7 heteroatoms. The molecule has 0 aromatic heterocycles. The second-order valence-electron chi connectivity index (χ2n) is 3.99. The van der Waals surface area contributed by atoms with Gasteiger partial charge >= 0.3 is 6.03 Å². The first-order chi connectivity index (χ1) is 9.08. The molecule has 19 heavy (non-hydrogen) atoms. The lowest BCUT2D eigenvalue weighted by Crippen LogP contribution is -2.32. The number of urea groups is 1. The number of nitrogens with one attached hydrogen (secondary N) is 1. The van der Waals surface area contributed by atoms with Gasteiger partial charge in [-0.15, -0.1) is 0 Å². The zero-order valence-electron chi connectivity index (χ0n) is 9.99. The van der Waals surface area contributed by atoms with Gasteiger partial charge in [0.05, 0.1) is 6.54 Å². The largest absolute Gasteiger partial charge is 0.329 e. The van der Waals surface area contributed by atoms with Gasteiger partial charge in [0.2, 0.25) is 5.91 Å². The fraction of sp³-hybridized carbons (Fsp3) is 0.333. The molecule has 0 spiro atoms. The average Bonchev–Trinajstić information content (AvgIpc) is 2.68. The van der Waals surface area contributed by atoms with E-state index in [0.717, 1.165) is 11.3 Å². The zero-order chi connectivity index (χ0) is 13.8. The number of carbonyl (C=O) groups is 2. The summed E-state index contributed by atoms with van der Waals surface area (Å²) in [6, 6.07) is 5.07. The van der Waals surface area contributed by atoms with Crippen molar-refractivity contribution in [2.24, 2.45) is 0 Å². The van der Waals surface area contributed by atoms with Crippen molar-refractivity contribution in [2.75, 3.05) is 18.8 Å². The Morgan fingerprint density at radius 1 is 1.32 bits per heavy atom. The Hall–Kier alpha value is -0.910. The topological polar surface area (TPSA) is 49.4 Å². The van der Waals surface area contributed by atoms with Crippen molar-refractivity contribution in [3.05, 3.63) is 33.8 Å². The fourth-order valence-electron chi connectivity index (χ4n) is 1.66. The van der Waals surface area contributed by atoms with Crippen molar-refractivity contribution in [3.8, 4) is 0 Å². The van der Waals surface area contributed by atoms with Crippen LogP contribution in [-0.2, 0) is 10.5 Å². The average molecular weight is 319 g/mol. The van der Waals surface area contributed by atoms with Crippen LogP contribution < -0.4 is 5.32 Å². The highest BCUT2D eigenvalue weighted by Crippen LogP contribution is 2.24. The van der Waals surface area contributed by atoms with E-state index in [4.69, 9.17) is 23.2 Å². The molecule has 1 aromatic rings. The Kier molecular flexibility index (Phi) is 4.96.